The van der Waals surface area contributed by atoms with Crippen LogP contribution in [0.3, 0.4) is 0 Å². The summed E-state index contributed by atoms with van der Waals surface area (Å²) in [6.07, 6.45) is 4.57. The van der Waals surface area contributed by atoms with E-state index in [-0.39, 0.29) is 0 Å². The third-order valence-corrected chi connectivity index (χ3v) is 3.28. The van der Waals surface area contributed by atoms with Gasteiger partial charge >= 0.3 is 5.97 Å². The molecule has 0 saturated heterocycles. The van der Waals surface area contributed by atoms with Gasteiger partial charge in [-0.3, -0.25) is 4.98 Å². The number of aliphatic carboxylic acids is 1. The number of carbonyl (C=O) groups is 1. The van der Waals surface area contributed by atoms with E-state index < -0.39 is 5.97 Å². The van der Waals surface area contributed by atoms with Crippen molar-refractivity contribution >= 4 is 23.1 Å². The molecule has 1 N–H and O–H groups in total. The van der Waals surface area contributed by atoms with Gasteiger partial charge in [-0.25, -0.2) is 4.79 Å². The molecule has 4 heteroatoms. The molecule has 1 aromatic carbocycles. The largest absolute Gasteiger partial charge is 0.478 e. The van der Waals surface area contributed by atoms with Crippen molar-refractivity contribution in [2.75, 3.05) is 0 Å². The van der Waals surface area contributed by atoms with Gasteiger partial charge in [0.05, 0.1) is 0 Å². The average Bonchev–Trinajstić information content (AvgIpc) is 2.41. The maximum Gasteiger partial charge on any atom is 0.328 e. The number of benzene rings is 1. The Kier molecular flexibility index (Phi) is 4.20. The van der Waals surface area contributed by atoms with Gasteiger partial charge in [0.25, 0.3) is 0 Å². The molecule has 0 radical (unpaired) electrons. The highest BCUT2D eigenvalue weighted by Gasteiger charge is 2.06. The minimum absolute atomic E-state index is 0.659. The smallest absolute Gasteiger partial charge is 0.328 e. The molecule has 1 heterocycles. The maximum absolute atomic E-state index is 10.7. The predicted molar refractivity (Wildman–Crippen MR) is 80.7 cm³/mol. The third kappa shape index (κ3) is 3.25. The summed E-state index contributed by atoms with van der Waals surface area (Å²) in [6, 6.07) is 7.59. The number of hydrogen-bond acceptors (Lipinski definition) is 2. The topological polar surface area (TPSA) is 50.2 Å². The Labute approximate surface area is 122 Å². The Bertz CT molecular complexity index is 693. The summed E-state index contributed by atoms with van der Waals surface area (Å²) in [4.78, 5) is 14.9. The molecular weight excluding hydrogens is 274 g/mol. The molecule has 2 aromatic rings. The van der Waals surface area contributed by atoms with E-state index in [0.29, 0.717) is 10.6 Å². The molecule has 0 atom stereocenters. The number of carboxylic acids is 1. The van der Waals surface area contributed by atoms with E-state index in [1.54, 1.807) is 19.3 Å². The van der Waals surface area contributed by atoms with Gasteiger partial charge in [-0.2, -0.15) is 0 Å². The molecule has 0 fully saturated rings. The minimum atomic E-state index is -0.966. The Morgan fingerprint density at radius 2 is 2.05 bits per heavy atom. The molecular formula is C16H14ClNO2. The normalized spacial score (nSPS) is 11.4. The molecule has 0 aliphatic rings. The van der Waals surface area contributed by atoms with Crippen molar-refractivity contribution in [3.8, 4) is 11.1 Å². The number of pyridine rings is 1. The van der Waals surface area contributed by atoms with E-state index in [0.717, 1.165) is 22.3 Å². The Morgan fingerprint density at radius 1 is 1.30 bits per heavy atom. The first-order valence-electron chi connectivity index (χ1n) is 6.10. The van der Waals surface area contributed by atoms with Crippen LogP contribution < -0.4 is 0 Å². The maximum atomic E-state index is 10.7. The van der Waals surface area contributed by atoms with Gasteiger partial charge in [-0.1, -0.05) is 17.7 Å². The molecule has 20 heavy (non-hydrogen) atoms. The van der Waals surface area contributed by atoms with Crippen LogP contribution in [0, 0.1) is 6.92 Å². The summed E-state index contributed by atoms with van der Waals surface area (Å²) in [5, 5.41) is 9.46. The van der Waals surface area contributed by atoms with Crippen molar-refractivity contribution in [1.29, 1.82) is 0 Å². The highest BCUT2D eigenvalue weighted by atomic mass is 35.5. The molecule has 0 bridgehead atoms. The summed E-state index contributed by atoms with van der Waals surface area (Å²) in [6.45, 7) is 3.75. The van der Waals surface area contributed by atoms with Gasteiger partial charge < -0.3 is 5.11 Å². The number of nitrogens with zero attached hydrogens (tertiary/aromatic N) is 1. The molecule has 102 valence electrons. The summed E-state index contributed by atoms with van der Waals surface area (Å²) in [5.41, 5.74) is 4.44. The first-order chi connectivity index (χ1) is 9.47. The second kappa shape index (κ2) is 5.88. The summed E-state index contributed by atoms with van der Waals surface area (Å²) in [5.74, 6) is -0.966. The van der Waals surface area contributed by atoms with E-state index in [1.165, 1.54) is 6.08 Å². The highest BCUT2D eigenvalue weighted by Crippen LogP contribution is 2.28. The number of aryl methyl sites for hydroxylation is 1. The Balaban J connectivity index is 2.49. The molecule has 0 saturated carbocycles. The van der Waals surface area contributed by atoms with Crippen molar-refractivity contribution in [2.24, 2.45) is 0 Å². The van der Waals surface area contributed by atoms with E-state index in [2.05, 4.69) is 4.98 Å². The molecule has 3 nitrogen and oxygen atoms in total. The lowest BCUT2D eigenvalue weighted by molar-refractivity contribution is -0.131. The van der Waals surface area contributed by atoms with Crippen molar-refractivity contribution in [3.05, 3.63) is 58.9 Å². The lowest BCUT2D eigenvalue weighted by Crippen LogP contribution is -1.92. The quantitative estimate of drug-likeness (QED) is 0.861. The fourth-order valence-electron chi connectivity index (χ4n) is 1.98. The van der Waals surface area contributed by atoms with Gasteiger partial charge in [0, 0.05) is 29.1 Å². The fraction of sp³-hybridized carbons (Fsp3) is 0.125. The molecule has 1 aromatic heterocycles. The van der Waals surface area contributed by atoms with E-state index in [9.17, 15) is 4.79 Å². The van der Waals surface area contributed by atoms with Crippen molar-refractivity contribution in [3.63, 3.8) is 0 Å². The number of carboxylic acid groups (broad SMARTS) is 1. The second-order valence-corrected chi connectivity index (χ2v) is 5.02. The molecule has 0 aliphatic heterocycles. The van der Waals surface area contributed by atoms with Crippen LogP contribution in [0.4, 0.5) is 0 Å². The number of halogens is 1. The van der Waals surface area contributed by atoms with Gasteiger partial charge in [0.1, 0.15) is 0 Å². The molecule has 0 aliphatic carbocycles. The van der Waals surface area contributed by atoms with E-state index in [1.807, 2.05) is 31.2 Å². The third-order valence-electron chi connectivity index (χ3n) is 3.04. The minimum Gasteiger partial charge on any atom is -0.478 e. The summed E-state index contributed by atoms with van der Waals surface area (Å²) < 4.78 is 0. The zero-order chi connectivity index (χ0) is 14.7. The van der Waals surface area contributed by atoms with Crippen LogP contribution in [0.5, 0.6) is 0 Å². The van der Waals surface area contributed by atoms with Crippen LogP contribution in [0.25, 0.3) is 16.7 Å². The number of aromatic nitrogens is 1. The second-order valence-electron chi connectivity index (χ2n) is 4.59. The van der Waals surface area contributed by atoms with Crippen LogP contribution >= 0.6 is 11.6 Å². The lowest BCUT2D eigenvalue weighted by atomic mass is 9.99. The van der Waals surface area contributed by atoms with Crippen molar-refractivity contribution < 1.29 is 9.90 Å². The van der Waals surface area contributed by atoms with Crippen LogP contribution in [-0.2, 0) is 4.79 Å². The summed E-state index contributed by atoms with van der Waals surface area (Å²) >= 11 is 6.03. The van der Waals surface area contributed by atoms with Crippen molar-refractivity contribution in [1.82, 2.24) is 4.98 Å². The van der Waals surface area contributed by atoms with Crippen LogP contribution in [0.1, 0.15) is 18.1 Å². The monoisotopic (exact) mass is 287 g/mol. The zero-order valence-electron chi connectivity index (χ0n) is 11.2. The number of allylic oxidation sites excluding steroid dienone is 1. The Morgan fingerprint density at radius 3 is 2.75 bits per heavy atom. The standard InChI is InChI=1S/C16H14ClNO2/c1-10-3-4-14(17)7-15(10)13-6-12(8-18-9-13)11(2)5-16(19)20/h3-9H,1-2H3,(H,19,20)/b11-5+. The number of hydrogen-bond donors (Lipinski definition) is 1. The van der Waals surface area contributed by atoms with E-state index >= 15 is 0 Å². The number of rotatable bonds is 3. The fourth-order valence-corrected chi connectivity index (χ4v) is 2.15. The Hall–Kier alpha value is -2.13. The van der Waals surface area contributed by atoms with Crippen LogP contribution in [-0.4, -0.2) is 16.1 Å². The average molecular weight is 288 g/mol. The molecule has 0 unspecified atom stereocenters. The zero-order valence-corrected chi connectivity index (χ0v) is 12.0. The van der Waals surface area contributed by atoms with Gasteiger partial charge in [-0.05, 0) is 54.3 Å². The van der Waals surface area contributed by atoms with Crippen LogP contribution in [0.15, 0.2) is 42.7 Å². The SMILES string of the molecule is C/C(=C\C(=O)O)c1cncc(-c2cc(Cl)ccc2C)c1. The highest BCUT2D eigenvalue weighted by molar-refractivity contribution is 6.30. The first kappa shape index (κ1) is 14.3. The predicted octanol–water partition coefficient (Wildman–Crippen LogP) is 4.20. The van der Waals surface area contributed by atoms with Gasteiger partial charge in [-0.15, -0.1) is 0 Å². The summed E-state index contributed by atoms with van der Waals surface area (Å²) in [7, 11) is 0. The van der Waals surface area contributed by atoms with Crippen LogP contribution in [0.2, 0.25) is 5.02 Å². The van der Waals surface area contributed by atoms with Gasteiger partial charge in [0.15, 0.2) is 0 Å². The molecule has 2 rings (SSSR count). The molecule has 0 amide bonds. The van der Waals surface area contributed by atoms with E-state index in [4.69, 9.17) is 16.7 Å². The first-order valence-corrected chi connectivity index (χ1v) is 6.48. The lowest BCUT2D eigenvalue weighted by Gasteiger charge is -2.08. The van der Waals surface area contributed by atoms with Crippen molar-refractivity contribution in [2.45, 2.75) is 13.8 Å². The molecule has 0 spiro atoms. The van der Waals surface area contributed by atoms with Gasteiger partial charge in [0.2, 0.25) is 0 Å².